The SMILES string of the molecule is COc1cc(/C=C2/N=C(c3ccncc3)OC2=O)cc(OC)c1OC. The van der Waals surface area contributed by atoms with Crippen molar-refractivity contribution < 1.29 is 23.7 Å². The van der Waals surface area contributed by atoms with Gasteiger partial charge in [-0.2, -0.15) is 0 Å². The summed E-state index contributed by atoms with van der Waals surface area (Å²) < 4.78 is 21.1. The quantitative estimate of drug-likeness (QED) is 0.614. The Balaban J connectivity index is 2.00. The van der Waals surface area contributed by atoms with Gasteiger partial charge in [-0.1, -0.05) is 0 Å². The third kappa shape index (κ3) is 3.30. The number of carbonyl (C=O) groups excluding carboxylic acids is 1. The maximum Gasteiger partial charge on any atom is 0.363 e. The molecule has 2 aromatic rings. The van der Waals surface area contributed by atoms with Crippen LogP contribution in [0.25, 0.3) is 6.08 Å². The highest BCUT2D eigenvalue weighted by atomic mass is 16.6. The molecule has 3 rings (SSSR count). The van der Waals surface area contributed by atoms with Gasteiger partial charge in [0.1, 0.15) is 0 Å². The van der Waals surface area contributed by atoms with E-state index in [1.165, 1.54) is 21.3 Å². The minimum absolute atomic E-state index is 0.182. The number of nitrogens with zero attached hydrogens (tertiary/aromatic N) is 2. The van der Waals surface area contributed by atoms with Gasteiger partial charge in [-0.05, 0) is 35.9 Å². The minimum atomic E-state index is -0.527. The molecule has 0 fully saturated rings. The number of hydrogen-bond acceptors (Lipinski definition) is 7. The van der Waals surface area contributed by atoms with Crippen LogP contribution < -0.4 is 14.2 Å². The third-order valence-electron chi connectivity index (χ3n) is 3.54. The number of rotatable bonds is 5. The molecule has 0 N–H and O–H groups in total. The minimum Gasteiger partial charge on any atom is -0.493 e. The maximum atomic E-state index is 12.1. The maximum absolute atomic E-state index is 12.1. The number of cyclic esters (lactones) is 1. The molecule has 1 aromatic carbocycles. The van der Waals surface area contributed by atoms with Gasteiger partial charge in [-0.3, -0.25) is 4.98 Å². The summed E-state index contributed by atoms with van der Waals surface area (Å²) in [5.41, 5.74) is 1.53. The molecule has 0 unspecified atom stereocenters. The molecule has 0 spiro atoms. The van der Waals surface area contributed by atoms with Crippen LogP contribution in [-0.2, 0) is 9.53 Å². The van der Waals surface area contributed by atoms with Crippen molar-refractivity contribution in [1.82, 2.24) is 4.98 Å². The number of carbonyl (C=O) groups is 1. The average Bonchev–Trinajstić information content (AvgIpc) is 3.02. The first-order valence-electron chi connectivity index (χ1n) is 7.39. The standard InChI is InChI=1S/C18H16N2O5/c1-22-14-9-11(10-15(23-2)16(14)24-3)8-13-18(21)25-17(20-13)12-4-6-19-7-5-12/h4-10H,1-3H3/b13-8+. The van der Waals surface area contributed by atoms with Crippen LogP contribution in [0.5, 0.6) is 17.2 Å². The molecule has 1 aliphatic heterocycles. The highest BCUT2D eigenvalue weighted by Gasteiger charge is 2.24. The zero-order valence-corrected chi connectivity index (χ0v) is 14.0. The molecular formula is C18H16N2O5. The first-order valence-corrected chi connectivity index (χ1v) is 7.39. The second-order valence-corrected chi connectivity index (χ2v) is 5.03. The summed E-state index contributed by atoms with van der Waals surface area (Å²) >= 11 is 0. The van der Waals surface area contributed by atoms with Crippen molar-refractivity contribution in [3.05, 3.63) is 53.5 Å². The fourth-order valence-corrected chi connectivity index (χ4v) is 2.37. The number of esters is 1. The number of hydrogen-bond donors (Lipinski definition) is 0. The molecule has 0 bridgehead atoms. The number of ether oxygens (including phenoxy) is 4. The van der Waals surface area contributed by atoms with Gasteiger partial charge in [0.05, 0.1) is 21.3 Å². The first kappa shape index (κ1) is 16.5. The fourth-order valence-electron chi connectivity index (χ4n) is 2.37. The highest BCUT2D eigenvalue weighted by Crippen LogP contribution is 2.39. The van der Waals surface area contributed by atoms with E-state index in [0.29, 0.717) is 28.4 Å². The van der Waals surface area contributed by atoms with E-state index in [1.807, 2.05) is 0 Å². The summed E-state index contributed by atoms with van der Waals surface area (Å²) in [5, 5.41) is 0. The van der Waals surface area contributed by atoms with E-state index in [1.54, 1.807) is 42.7 Å². The predicted octanol–water partition coefficient (Wildman–Crippen LogP) is 2.45. The first-order chi connectivity index (χ1) is 12.2. The fraction of sp³-hybridized carbons (Fsp3) is 0.167. The van der Waals surface area contributed by atoms with Crippen LogP contribution in [0.3, 0.4) is 0 Å². The van der Waals surface area contributed by atoms with Gasteiger partial charge in [-0.15, -0.1) is 0 Å². The van der Waals surface area contributed by atoms with E-state index < -0.39 is 5.97 Å². The Kier molecular flexibility index (Phi) is 4.65. The Hall–Kier alpha value is -3.35. The molecule has 0 amide bonds. The monoisotopic (exact) mass is 340 g/mol. The van der Waals surface area contributed by atoms with Crippen LogP contribution in [-0.4, -0.2) is 38.2 Å². The third-order valence-corrected chi connectivity index (χ3v) is 3.54. The van der Waals surface area contributed by atoms with E-state index in [-0.39, 0.29) is 11.6 Å². The summed E-state index contributed by atoms with van der Waals surface area (Å²) in [6.45, 7) is 0. The zero-order valence-electron chi connectivity index (χ0n) is 14.0. The lowest BCUT2D eigenvalue weighted by Crippen LogP contribution is -2.05. The molecule has 2 heterocycles. The number of benzene rings is 1. The van der Waals surface area contributed by atoms with Crippen LogP contribution in [0.2, 0.25) is 0 Å². The second kappa shape index (κ2) is 7.04. The molecule has 0 saturated heterocycles. The second-order valence-electron chi connectivity index (χ2n) is 5.03. The van der Waals surface area contributed by atoms with Crippen molar-refractivity contribution in [2.24, 2.45) is 4.99 Å². The van der Waals surface area contributed by atoms with Crippen molar-refractivity contribution >= 4 is 17.9 Å². The zero-order chi connectivity index (χ0) is 17.8. The molecular weight excluding hydrogens is 324 g/mol. The lowest BCUT2D eigenvalue weighted by Gasteiger charge is -2.12. The van der Waals surface area contributed by atoms with Gasteiger partial charge in [0.2, 0.25) is 11.6 Å². The normalized spacial score (nSPS) is 14.9. The Morgan fingerprint density at radius 2 is 1.64 bits per heavy atom. The van der Waals surface area contributed by atoms with E-state index >= 15 is 0 Å². The molecule has 1 aliphatic rings. The molecule has 0 aliphatic carbocycles. The lowest BCUT2D eigenvalue weighted by atomic mass is 10.1. The molecule has 7 heteroatoms. The van der Waals surface area contributed by atoms with Crippen LogP contribution in [0.4, 0.5) is 0 Å². The van der Waals surface area contributed by atoms with Crippen molar-refractivity contribution in [3.8, 4) is 17.2 Å². The number of aliphatic imine (C=N–C) groups is 1. The summed E-state index contributed by atoms with van der Waals surface area (Å²) in [4.78, 5) is 20.3. The summed E-state index contributed by atoms with van der Waals surface area (Å²) in [6, 6.07) is 6.88. The molecule has 0 saturated carbocycles. The van der Waals surface area contributed by atoms with Crippen molar-refractivity contribution in [2.75, 3.05) is 21.3 Å². The summed E-state index contributed by atoms with van der Waals surface area (Å²) in [6.07, 6.45) is 4.81. The summed E-state index contributed by atoms with van der Waals surface area (Å²) in [5.74, 6) is 1.16. The molecule has 0 radical (unpaired) electrons. The van der Waals surface area contributed by atoms with E-state index in [2.05, 4.69) is 9.98 Å². The van der Waals surface area contributed by atoms with Gasteiger partial charge in [0.15, 0.2) is 17.2 Å². The van der Waals surface area contributed by atoms with E-state index in [9.17, 15) is 4.79 Å². The van der Waals surface area contributed by atoms with Crippen LogP contribution in [0.15, 0.2) is 47.3 Å². The Morgan fingerprint density at radius 3 is 2.20 bits per heavy atom. The van der Waals surface area contributed by atoms with Gasteiger partial charge in [0, 0.05) is 18.0 Å². The molecule has 25 heavy (non-hydrogen) atoms. The van der Waals surface area contributed by atoms with Crippen LogP contribution >= 0.6 is 0 Å². The number of pyridine rings is 1. The Morgan fingerprint density at radius 1 is 1.00 bits per heavy atom. The van der Waals surface area contributed by atoms with Crippen molar-refractivity contribution in [1.29, 1.82) is 0 Å². The van der Waals surface area contributed by atoms with Crippen LogP contribution in [0, 0.1) is 0 Å². The molecule has 1 aromatic heterocycles. The lowest BCUT2D eigenvalue weighted by molar-refractivity contribution is -0.129. The van der Waals surface area contributed by atoms with Gasteiger partial charge < -0.3 is 18.9 Å². The van der Waals surface area contributed by atoms with Gasteiger partial charge in [0.25, 0.3) is 0 Å². The topological polar surface area (TPSA) is 79.2 Å². The Labute approximate surface area is 144 Å². The largest absolute Gasteiger partial charge is 0.493 e. The highest BCUT2D eigenvalue weighted by molar-refractivity contribution is 6.12. The molecule has 7 nitrogen and oxygen atoms in total. The van der Waals surface area contributed by atoms with Crippen molar-refractivity contribution in [2.45, 2.75) is 0 Å². The van der Waals surface area contributed by atoms with Crippen LogP contribution in [0.1, 0.15) is 11.1 Å². The van der Waals surface area contributed by atoms with Gasteiger partial charge >= 0.3 is 5.97 Å². The summed E-state index contributed by atoms with van der Waals surface area (Å²) in [7, 11) is 4.58. The molecule has 0 atom stereocenters. The molecule has 128 valence electrons. The number of methoxy groups -OCH3 is 3. The van der Waals surface area contributed by atoms with Crippen molar-refractivity contribution in [3.63, 3.8) is 0 Å². The number of aromatic nitrogens is 1. The smallest absolute Gasteiger partial charge is 0.363 e. The Bertz CT molecular complexity index is 834. The predicted molar refractivity (Wildman–Crippen MR) is 90.9 cm³/mol. The van der Waals surface area contributed by atoms with Gasteiger partial charge in [-0.25, -0.2) is 9.79 Å². The average molecular weight is 340 g/mol. The van der Waals surface area contributed by atoms with E-state index in [4.69, 9.17) is 18.9 Å². The van der Waals surface area contributed by atoms with E-state index in [0.717, 1.165) is 0 Å².